The summed E-state index contributed by atoms with van der Waals surface area (Å²) in [5, 5.41) is 1.40. The van der Waals surface area contributed by atoms with Crippen LogP contribution in [0.2, 0.25) is 0 Å². The van der Waals surface area contributed by atoms with E-state index in [0.29, 0.717) is 0 Å². The van der Waals surface area contributed by atoms with E-state index in [4.69, 9.17) is 0 Å². The van der Waals surface area contributed by atoms with Crippen molar-refractivity contribution in [2.75, 3.05) is 9.80 Å². The molecule has 5 aliphatic rings. The molecular weight excluding hydrogens is 877 g/mol. The van der Waals surface area contributed by atoms with Crippen LogP contribution < -0.4 is 9.80 Å². The van der Waals surface area contributed by atoms with Crippen molar-refractivity contribution >= 4 is 55.5 Å². The third-order valence-electron chi connectivity index (χ3n) is 19.0. The van der Waals surface area contributed by atoms with Gasteiger partial charge in [-0.05, 0) is 194 Å². The molecule has 7 aromatic rings. The maximum absolute atomic E-state index is 2.78. The summed E-state index contributed by atoms with van der Waals surface area (Å²) in [6, 6.07) is 42.1. The molecule has 0 saturated heterocycles. The summed E-state index contributed by atoms with van der Waals surface area (Å²) in [6.45, 7) is 39.3. The Kier molecular flexibility index (Phi) is 9.91. The summed E-state index contributed by atoms with van der Waals surface area (Å²) in [7, 11) is 0. The number of hydrogen-bond donors (Lipinski definition) is 0. The van der Waals surface area contributed by atoms with Gasteiger partial charge in [-0.2, -0.15) is 0 Å². The van der Waals surface area contributed by atoms with Gasteiger partial charge in [0.05, 0.1) is 34.4 Å². The zero-order chi connectivity index (χ0) is 50.3. The number of rotatable bonds is 3. The van der Waals surface area contributed by atoms with Crippen molar-refractivity contribution in [2.24, 2.45) is 0 Å². The smallest absolute Gasteiger partial charge is 0.0689 e. The molecule has 3 heteroatoms. The first-order chi connectivity index (χ1) is 33.2. The Labute approximate surface area is 430 Å². The molecule has 0 spiro atoms. The maximum atomic E-state index is 2.78. The molecular formula is C68H78N2S. The molecule has 1 aromatic heterocycles. The van der Waals surface area contributed by atoms with Gasteiger partial charge in [0.25, 0.3) is 0 Å². The first kappa shape index (κ1) is 46.9. The number of nitrogens with zero attached hydrogens (tertiary/aromatic N) is 2. The average molecular weight is 955 g/mol. The molecule has 2 nitrogen and oxygen atoms in total. The lowest BCUT2D eigenvalue weighted by Crippen LogP contribution is -2.36. The fourth-order valence-corrected chi connectivity index (χ4v) is 15.4. The molecule has 0 N–H and O–H groups in total. The molecule has 3 aliphatic carbocycles. The molecule has 0 amide bonds. The summed E-state index contributed by atoms with van der Waals surface area (Å²) in [6.07, 6.45) is 7.10. The highest BCUT2D eigenvalue weighted by molar-refractivity contribution is 7.20. The number of aryl methyl sites for hydroxylation is 1. The minimum Gasteiger partial charge on any atom is -0.309 e. The van der Waals surface area contributed by atoms with Gasteiger partial charge in [0, 0.05) is 31.8 Å². The predicted molar refractivity (Wildman–Crippen MR) is 307 cm³/mol. The van der Waals surface area contributed by atoms with Crippen molar-refractivity contribution in [2.45, 2.75) is 193 Å². The third-order valence-corrected chi connectivity index (χ3v) is 20.2. The van der Waals surface area contributed by atoms with Gasteiger partial charge in [0.2, 0.25) is 0 Å². The lowest BCUT2D eigenvalue weighted by atomic mass is 9.61. The van der Waals surface area contributed by atoms with Crippen LogP contribution in [0.25, 0.3) is 21.2 Å². The first-order valence-corrected chi connectivity index (χ1v) is 27.9. The lowest BCUT2D eigenvalue weighted by molar-refractivity contribution is 0.331. The van der Waals surface area contributed by atoms with Gasteiger partial charge < -0.3 is 9.80 Å². The van der Waals surface area contributed by atoms with Crippen LogP contribution in [0.4, 0.5) is 34.1 Å². The first-order valence-electron chi connectivity index (χ1n) is 27.1. The number of thiophene rings is 1. The SMILES string of the molecule is Cc1cc2c3c(c1)N(c1ccc(C(C)(C)C)cc1)c1c(sc4cc5c(cc14)C(C)(C)CCC5(C)C)C3c1cc3c(cc1N2c1cc2c(cc1-c1ccccc1)C(C)(C)CCC2(C)C)C(C)(C)CCC3(C)C. The molecule has 1 unspecified atom stereocenters. The molecule has 366 valence electrons. The van der Waals surface area contributed by atoms with Gasteiger partial charge in [-0.3, -0.25) is 0 Å². The van der Waals surface area contributed by atoms with E-state index in [1.807, 2.05) is 0 Å². The Morgan fingerprint density at radius 2 is 0.944 bits per heavy atom. The zero-order valence-corrected chi connectivity index (χ0v) is 46.8. The highest BCUT2D eigenvalue weighted by Crippen LogP contribution is 2.66. The normalized spacial score (nSPS) is 21.4. The van der Waals surface area contributed by atoms with Crippen LogP contribution in [0.15, 0.2) is 103 Å². The van der Waals surface area contributed by atoms with Gasteiger partial charge in [0.15, 0.2) is 0 Å². The van der Waals surface area contributed by atoms with Crippen molar-refractivity contribution in [1.29, 1.82) is 0 Å². The van der Waals surface area contributed by atoms with Gasteiger partial charge in [0.1, 0.15) is 0 Å². The highest BCUT2D eigenvalue weighted by Gasteiger charge is 2.48. The fourth-order valence-electron chi connectivity index (χ4n) is 14.0. The second-order valence-electron chi connectivity index (χ2n) is 27.9. The van der Waals surface area contributed by atoms with E-state index in [-0.39, 0.29) is 43.8 Å². The minimum atomic E-state index is 0.0359. The Balaban J connectivity index is 1.24. The highest BCUT2D eigenvalue weighted by atomic mass is 32.1. The Morgan fingerprint density at radius 3 is 1.48 bits per heavy atom. The van der Waals surface area contributed by atoms with E-state index in [0.717, 1.165) is 0 Å². The van der Waals surface area contributed by atoms with Crippen LogP contribution >= 0.6 is 11.3 Å². The molecule has 0 fully saturated rings. The summed E-state index contributed by atoms with van der Waals surface area (Å²) in [5.41, 5.74) is 25.5. The fraction of sp³-hybridized carbons (Fsp3) is 0.441. The van der Waals surface area contributed by atoms with E-state index in [1.165, 1.54) is 154 Å². The lowest BCUT2D eigenvalue weighted by Gasteiger charge is -2.48. The molecule has 2 aliphatic heterocycles. The molecule has 6 aromatic carbocycles. The minimum absolute atomic E-state index is 0.0359. The van der Waals surface area contributed by atoms with Crippen LogP contribution in [0.3, 0.4) is 0 Å². The van der Waals surface area contributed by atoms with Crippen LogP contribution in [0.5, 0.6) is 0 Å². The number of hydrogen-bond acceptors (Lipinski definition) is 3. The number of fused-ring (bicyclic) bond motifs is 9. The topological polar surface area (TPSA) is 6.48 Å². The second-order valence-corrected chi connectivity index (χ2v) is 29.0. The van der Waals surface area contributed by atoms with E-state index in [1.54, 1.807) is 0 Å². The summed E-state index contributed by atoms with van der Waals surface area (Å²) in [4.78, 5) is 6.96. The van der Waals surface area contributed by atoms with Crippen LogP contribution in [-0.4, -0.2) is 0 Å². The van der Waals surface area contributed by atoms with Gasteiger partial charge in [-0.25, -0.2) is 0 Å². The van der Waals surface area contributed by atoms with E-state index >= 15 is 0 Å². The quantitative estimate of drug-likeness (QED) is 0.174. The summed E-state index contributed by atoms with van der Waals surface area (Å²) >= 11 is 2.08. The maximum Gasteiger partial charge on any atom is 0.0689 e. The van der Waals surface area contributed by atoms with Crippen molar-refractivity contribution in [1.82, 2.24) is 0 Å². The predicted octanol–water partition coefficient (Wildman–Crippen LogP) is 20.0. The van der Waals surface area contributed by atoms with Crippen molar-refractivity contribution in [3.63, 3.8) is 0 Å². The molecule has 3 heterocycles. The standard InChI is InChI=1S/C68H78N2S/c1-40-32-55-59-56(33-40)70(53-37-50-47(63(5,6)26-29-66(50,11)12)34-44(53)41-20-18-17-19-21-41)54-38-51-48(64(7,8)27-30-67(51,13)14)35-45(54)58(59)61-60(69(55)43-24-22-42(23-25-43)62(2,3)4)46-36-49-52(39-57(46)71-61)68(15,16)31-28-65(49,9)10/h17-25,32-39,58H,26-31H2,1-16H3. The molecule has 1 atom stereocenters. The molecule has 0 bridgehead atoms. The summed E-state index contributed by atoms with van der Waals surface area (Å²) < 4.78 is 1.41. The van der Waals surface area contributed by atoms with E-state index in [2.05, 4.69) is 235 Å². The monoisotopic (exact) mass is 955 g/mol. The van der Waals surface area contributed by atoms with Crippen LogP contribution in [-0.2, 0) is 37.9 Å². The molecule has 0 saturated carbocycles. The van der Waals surface area contributed by atoms with Crippen molar-refractivity contribution < 1.29 is 0 Å². The second kappa shape index (κ2) is 15.0. The zero-order valence-electron chi connectivity index (χ0n) is 45.9. The third kappa shape index (κ3) is 6.97. The van der Waals surface area contributed by atoms with Gasteiger partial charge >= 0.3 is 0 Å². The Bertz CT molecular complexity index is 3360. The molecule has 0 radical (unpaired) electrons. The Hall–Kier alpha value is -5.12. The van der Waals surface area contributed by atoms with Crippen LogP contribution in [0, 0.1) is 6.92 Å². The molecule has 12 rings (SSSR count). The molecule has 71 heavy (non-hydrogen) atoms. The number of benzene rings is 6. The Morgan fingerprint density at radius 1 is 0.479 bits per heavy atom. The van der Waals surface area contributed by atoms with E-state index < -0.39 is 0 Å². The van der Waals surface area contributed by atoms with Crippen LogP contribution in [0.1, 0.15) is 209 Å². The average Bonchev–Trinajstić information content (AvgIpc) is 3.68. The summed E-state index contributed by atoms with van der Waals surface area (Å²) in [5.74, 6) is 0.0571. The largest absolute Gasteiger partial charge is 0.309 e. The van der Waals surface area contributed by atoms with Crippen molar-refractivity contribution in [3.8, 4) is 11.1 Å². The number of anilines is 6. The van der Waals surface area contributed by atoms with Gasteiger partial charge in [-0.15, -0.1) is 11.3 Å². The van der Waals surface area contributed by atoms with Crippen molar-refractivity contribution in [3.05, 3.63) is 164 Å². The van der Waals surface area contributed by atoms with Gasteiger partial charge in [-0.1, -0.05) is 152 Å². The van der Waals surface area contributed by atoms with E-state index in [9.17, 15) is 0 Å².